The van der Waals surface area contributed by atoms with Crippen LogP contribution in [0.2, 0.25) is 5.02 Å². The van der Waals surface area contributed by atoms with E-state index in [1.165, 1.54) is 12.1 Å². The third kappa shape index (κ3) is 3.57. The molecular weight excluding hydrogens is 361 g/mol. The first-order chi connectivity index (χ1) is 11.8. The number of aryl methyl sites for hydroxylation is 1. The molecule has 0 atom stereocenters. The summed E-state index contributed by atoms with van der Waals surface area (Å²) in [6.45, 7) is 1.91. The highest BCUT2D eigenvalue weighted by Crippen LogP contribution is 2.33. The molecule has 0 spiro atoms. The molecule has 0 aliphatic heterocycles. The molecule has 0 saturated carbocycles. The topological polar surface area (TPSA) is 47.0 Å². The fraction of sp³-hybridized carbons (Fsp3) is 0.105. The van der Waals surface area contributed by atoms with Crippen molar-refractivity contribution in [2.24, 2.45) is 0 Å². The maximum absolute atomic E-state index is 14.3. The van der Waals surface area contributed by atoms with Gasteiger partial charge in [0.1, 0.15) is 10.7 Å². The van der Waals surface area contributed by atoms with E-state index in [1.807, 2.05) is 31.2 Å². The summed E-state index contributed by atoms with van der Waals surface area (Å²) in [5.41, 5.74) is 3.65. The summed E-state index contributed by atoms with van der Waals surface area (Å²) in [5.74, 6) is -0.793. The summed E-state index contributed by atoms with van der Waals surface area (Å²) in [5, 5.41) is 0.630. The SMILES string of the molecule is Cc1ccc(-c2cccnc2-c2ccc(S(C)(=O)=O)c(F)c2)cc1Cl. The van der Waals surface area contributed by atoms with Crippen LogP contribution in [0.15, 0.2) is 59.6 Å². The van der Waals surface area contributed by atoms with Gasteiger partial charge in [0, 0.05) is 28.6 Å². The molecule has 128 valence electrons. The number of nitrogens with zero attached hydrogens (tertiary/aromatic N) is 1. The molecule has 0 amide bonds. The first-order valence-corrected chi connectivity index (χ1v) is 9.76. The van der Waals surface area contributed by atoms with E-state index >= 15 is 0 Å². The van der Waals surface area contributed by atoms with E-state index in [-0.39, 0.29) is 4.90 Å². The molecule has 0 bridgehead atoms. The molecule has 6 heteroatoms. The normalized spacial score (nSPS) is 11.5. The van der Waals surface area contributed by atoms with Crippen LogP contribution in [0.4, 0.5) is 4.39 Å². The second-order valence-corrected chi connectivity index (χ2v) is 8.17. The Morgan fingerprint density at radius 3 is 2.40 bits per heavy atom. The van der Waals surface area contributed by atoms with Crippen molar-refractivity contribution < 1.29 is 12.8 Å². The van der Waals surface area contributed by atoms with Gasteiger partial charge in [0.05, 0.1) is 5.69 Å². The molecule has 0 radical (unpaired) electrons. The van der Waals surface area contributed by atoms with Gasteiger partial charge in [-0.05, 0) is 42.3 Å². The van der Waals surface area contributed by atoms with E-state index in [1.54, 1.807) is 18.3 Å². The minimum Gasteiger partial charge on any atom is -0.256 e. The zero-order chi connectivity index (χ0) is 18.2. The van der Waals surface area contributed by atoms with E-state index in [2.05, 4.69) is 4.98 Å². The van der Waals surface area contributed by atoms with E-state index in [0.29, 0.717) is 16.3 Å². The van der Waals surface area contributed by atoms with Crippen LogP contribution >= 0.6 is 11.6 Å². The van der Waals surface area contributed by atoms with Crippen LogP contribution in [0.1, 0.15) is 5.56 Å². The van der Waals surface area contributed by atoms with Gasteiger partial charge in [0.25, 0.3) is 0 Å². The lowest BCUT2D eigenvalue weighted by Gasteiger charge is -2.11. The third-order valence-corrected chi connectivity index (χ3v) is 5.43. The van der Waals surface area contributed by atoms with Crippen LogP contribution in [-0.2, 0) is 9.84 Å². The Morgan fingerprint density at radius 1 is 1.04 bits per heavy atom. The number of rotatable bonds is 3. The van der Waals surface area contributed by atoms with Gasteiger partial charge in [0.15, 0.2) is 9.84 Å². The molecule has 0 saturated heterocycles. The van der Waals surface area contributed by atoms with Gasteiger partial charge in [-0.3, -0.25) is 4.98 Å². The summed E-state index contributed by atoms with van der Waals surface area (Å²) in [4.78, 5) is 4.02. The lowest BCUT2D eigenvalue weighted by Crippen LogP contribution is -2.01. The Morgan fingerprint density at radius 2 is 1.76 bits per heavy atom. The lowest BCUT2D eigenvalue weighted by molar-refractivity contribution is 0.571. The predicted octanol–water partition coefficient (Wildman–Crippen LogP) is 4.92. The fourth-order valence-electron chi connectivity index (χ4n) is 2.58. The van der Waals surface area contributed by atoms with Crippen LogP contribution in [-0.4, -0.2) is 19.7 Å². The van der Waals surface area contributed by atoms with Crippen molar-refractivity contribution in [3.8, 4) is 22.4 Å². The molecule has 3 aromatic rings. The minimum atomic E-state index is -3.62. The molecule has 0 fully saturated rings. The summed E-state index contributed by atoms with van der Waals surface area (Å²) < 4.78 is 37.4. The van der Waals surface area contributed by atoms with Gasteiger partial charge >= 0.3 is 0 Å². The number of pyridine rings is 1. The highest BCUT2D eigenvalue weighted by molar-refractivity contribution is 7.90. The van der Waals surface area contributed by atoms with Crippen molar-refractivity contribution in [1.29, 1.82) is 0 Å². The Labute approximate surface area is 151 Å². The van der Waals surface area contributed by atoms with E-state index < -0.39 is 15.7 Å². The number of sulfone groups is 1. The highest BCUT2D eigenvalue weighted by atomic mass is 35.5. The Kier molecular flexibility index (Phi) is 4.62. The van der Waals surface area contributed by atoms with Crippen LogP contribution < -0.4 is 0 Å². The second kappa shape index (κ2) is 6.58. The van der Waals surface area contributed by atoms with Crippen LogP contribution in [0.25, 0.3) is 22.4 Å². The van der Waals surface area contributed by atoms with Crippen LogP contribution in [0.3, 0.4) is 0 Å². The molecular formula is C19H15ClFNO2S. The van der Waals surface area contributed by atoms with Gasteiger partial charge in [0.2, 0.25) is 0 Å². The number of benzene rings is 2. The molecule has 3 nitrogen and oxygen atoms in total. The molecule has 2 aromatic carbocycles. The molecule has 1 heterocycles. The van der Waals surface area contributed by atoms with Gasteiger partial charge in [-0.1, -0.05) is 35.9 Å². The largest absolute Gasteiger partial charge is 0.256 e. The van der Waals surface area contributed by atoms with Gasteiger partial charge in [-0.2, -0.15) is 0 Å². The lowest BCUT2D eigenvalue weighted by atomic mass is 9.98. The Bertz CT molecular complexity index is 1060. The predicted molar refractivity (Wildman–Crippen MR) is 97.9 cm³/mol. The van der Waals surface area contributed by atoms with E-state index in [4.69, 9.17) is 11.6 Å². The smallest absolute Gasteiger partial charge is 0.178 e. The van der Waals surface area contributed by atoms with Gasteiger partial charge in [-0.25, -0.2) is 12.8 Å². The average molecular weight is 376 g/mol. The number of halogens is 2. The molecule has 0 N–H and O–H groups in total. The number of hydrogen-bond donors (Lipinski definition) is 0. The molecule has 3 rings (SSSR count). The summed E-state index contributed by atoms with van der Waals surface area (Å²) in [7, 11) is -3.62. The summed E-state index contributed by atoms with van der Waals surface area (Å²) in [6, 6.07) is 13.3. The Hall–Kier alpha value is -2.24. The third-order valence-electron chi connectivity index (χ3n) is 3.90. The van der Waals surface area contributed by atoms with Gasteiger partial charge < -0.3 is 0 Å². The van der Waals surface area contributed by atoms with Crippen molar-refractivity contribution in [2.45, 2.75) is 11.8 Å². The monoisotopic (exact) mass is 375 g/mol. The zero-order valence-electron chi connectivity index (χ0n) is 13.6. The molecule has 1 aromatic heterocycles. The average Bonchev–Trinajstić information content (AvgIpc) is 2.56. The maximum atomic E-state index is 14.3. The van der Waals surface area contributed by atoms with Gasteiger partial charge in [-0.15, -0.1) is 0 Å². The maximum Gasteiger partial charge on any atom is 0.178 e. The van der Waals surface area contributed by atoms with E-state index in [0.717, 1.165) is 22.9 Å². The zero-order valence-corrected chi connectivity index (χ0v) is 15.2. The quantitative estimate of drug-likeness (QED) is 0.652. The fourth-order valence-corrected chi connectivity index (χ4v) is 3.49. The molecule has 25 heavy (non-hydrogen) atoms. The standard InChI is InChI=1S/C19H15ClFNO2S/c1-12-5-6-13(10-16(12)20)15-4-3-9-22-19(15)14-7-8-18(17(21)11-14)25(2,23)24/h3-11H,1-2H3. The summed E-state index contributed by atoms with van der Waals surface area (Å²) >= 11 is 6.21. The number of hydrogen-bond acceptors (Lipinski definition) is 3. The molecule has 0 aliphatic carbocycles. The minimum absolute atomic E-state index is 0.327. The van der Waals surface area contributed by atoms with Crippen molar-refractivity contribution in [2.75, 3.05) is 6.26 Å². The van der Waals surface area contributed by atoms with Crippen molar-refractivity contribution in [3.05, 3.63) is 71.1 Å². The highest BCUT2D eigenvalue weighted by Gasteiger charge is 2.16. The molecule has 0 aliphatic rings. The van der Waals surface area contributed by atoms with Crippen molar-refractivity contribution in [3.63, 3.8) is 0 Å². The second-order valence-electron chi connectivity index (χ2n) is 5.78. The first kappa shape index (κ1) is 17.6. The van der Waals surface area contributed by atoms with Crippen molar-refractivity contribution in [1.82, 2.24) is 4.98 Å². The van der Waals surface area contributed by atoms with E-state index in [9.17, 15) is 12.8 Å². The first-order valence-electron chi connectivity index (χ1n) is 7.49. The molecule has 0 unspecified atom stereocenters. The van der Waals surface area contributed by atoms with Crippen molar-refractivity contribution >= 4 is 21.4 Å². The Balaban J connectivity index is 2.16. The summed E-state index contributed by atoms with van der Waals surface area (Å²) in [6.07, 6.45) is 2.59. The van der Waals surface area contributed by atoms with Crippen LogP contribution in [0, 0.1) is 12.7 Å². The van der Waals surface area contributed by atoms with Crippen LogP contribution in [0.5, 0.6) is 0 Å². The number of aromatic nitrogens is 1.